The molecule has 0 aliphatic heterocycles. The van der Waals surface area contributed by atoms with Crippen LogP contribution >= 0.6 is 11.6 Å². The van der Waals surface area contributed by atoms with Gasteiger partial charge in [0.1, 0.15) is 0 Å². The number of aliphatic hydroxyl groups excluding tert-OH is 2. The number of rotatable bonds is 5. The van der Waals surface area contributed by atoms with Crippen molar-refractivity contribution in [2.45, 2.75) is 19.1 Å². The molecule has 3 nitrogen and oxygen atoms in total. The molecule has 0 fully saturated rings. The van der Waals surface area contributed by atoms with Gasteiger partial charge in [-0.2, -0.15) is 0 Å². The van der Waals surface area contributed by atoms with Crippen molar-refractivity contribution in [1.82, 2.24) is 5.32 Å². The van der Waals surface area contributed by atoms with Crippen LogP contribution in [0, 0.1) is 0 Å². The summed E-state index contributed by atoms with van der Waals surface area (Å²) in [6.45, 7) is 2.12. The maximum atomic E-state index is 9.17. The Bertz CT molecular complexity index is 306. The maximum Gasteiger partial charge on any atom is 0.0895 e. The van der Waals surface area contributed by atoms with Crippen molar-refractivity contribution >= 4 is 11.6 Å². The lowest BCUT2D eigenvalue weighted by atomic mass is 10.1. The molecule has 3 N–H and O–H groups in total. The van der Waals surface area contributed by atoms with Gasteiger partial charge in [-0.1, -0.05) is 23.7 Å². The molecule has 1 unspecified atom stereocenters. The van der Waals surface area contributed by atoms with Gasteiger partial charge in [0.25, 0.3) is 0 Å². The van der Waals surface area contributed by atoms with Gasteiger partial charge in [0, 0.05) is 17.6 Å². The van der Waals surface area contributed by atoms with E-state index in [1.807, 2.05) is 31.2 Å². The molecule has 0 saturated heterocycles. The Morgan fingerprint density at radius 2 is 2.20 bits per heavy atom. The molecule has 4 heteroatoms. The van der Waals surface area contributed by atoms with Crippen molar-refractivity contribution in [2.75, 3.05) is 13.2 Å². The van der Waals surface area contributed by atoms with E-state index in [-0.39, 0.29) is 12.6 Å². The van der Waals surface area contributed by atoms with Crippen LogP contribution in [-0.4, -0.2) is 29.5 Å². The van der Waals surface area contributed by atoms with Crippen LogP contribution in [-0.2, 0) is 0 Å². The Morgan fingerprint density at radius 3 is 2.80 bits per heavy atom. The van der Waals surface area contributed by atoms with E-state index in [1.54, 1.807) is 0 Å². The van der Waals surface area contributed by atoms with Gasteiger partial charge < -0.3 is 15.5 Å². The van der Waals surface area contributed by atoms with Gasteiger partial charge in [0.2, 0.25) is 0 Å². The highest BCUT2D eigenvalue weighted by molar-refractivity contribution is 6.30. The molecule has 0 radical (unpaired) electrons. The first-order valence-electron chi connectivity index (χ1n) is 4.91. The molecule has 0 bridgehead atoms. The fourth-order valence-corrected chi connectivity index (χ4v) is 1.47. The van der Waals surface area contributed by atoms with E-state index < -0.39 is 6.10 Å². The summed E-state index contributed by atoms with van der Waals surface area (Å²) in [6.07, 6.45) is -0.716. The van der Waals surface area contributed by atoms with Crippen LogP contribution in [0.3, 0.4) is 0 Å². The minimum Gasteiger partial charge on any atom is -0.394 e. The van der Waals surface area contributed by atoms with E-state index in [2.05, 4.69) is 5.32 Å². The zero-order valence-corrected chi connectivity index (χ0v) is 9.41. The van der Waals surface area contributed by atoms with E-state index in [1.165, 1.54) is 0 Å². The van der Waals surface area contributed by atoms with E-state index in [0.717, 1.165) is 5.56 Å². The van der Waals surface area contributed by atoms with Crippen LogP contribution in [0.1, 0.15) is 18.5 Å². The molecule has 1 rings (SSSR count). The zero-order valence-electron chi connectivity index (χ0n) is 8.65. The molecule has 0 heterocycles. The first kappa shape index (κ1) is 12.5. The van der Waals surface area contributed by atoms with E-state index >= 15 is 0 Å². The van der Waals surface area contributed by atoms with Crippen LogP contribution in [0.5, 0.6) is 0 Å². The minimum absolute atomic E-state index is 0.102. The molecule has 0 saturated carbocycles. The Hall–Kier alpha value is -0.610. The normalized spacial score (nSPS) is 14.9. The SMILES string of the molecule is C[C@H](NCC(O)CO)c1cccc(Cl)c1. The second kappa shape index (κ2) is 6.08. The number of aliphatic hydroxyl groups is 2. The van der Waals surface area contributed by atoms with Crippen molar-refractivity contribution in [3.05, 3.63) is 34.9 Å². The summed E-state index contributed by atoms with van der Waals surface area (Å²) in [4.78, 5) is 0. The summed E-state index contributed by atoms with van der Waals surface area (Å²) in [5.41, 5.74) is 1.06. The molecule has 84 valence electrons. The summed E-state index contributed by atoms with van der Waals surface area (Å²) in [7, 11) is 0. The van der Waals surface area contributed by atoms with Gasteiger partial charge in [0.15, 0.2) is 0 Å². The van der Waals surface area contributed by atoms with E-state index in [9.17, 15) is 0 Å². The highest BCUT2D eigenvalue weighted by atomic mass is 35.5. The smallest absolute Gasteiger partial charge is 0.0895 e. The molecule has 15 heavy (non-hydrogen) atoms. The molecule has 0 spiro atoms. The van der Waals surface area contributed by atoms with Crippen molar-refractivity contribution in [3.63, 3.8) is 0 Å². The number of nitrogens with one attached hydrogen (secondary N) is 1. The molecule has 1 aromatic rings. The lowest BCUT2D eigenvalue weighted by molar-refractivity contribution is 0.0924. The predicted molar refractivity (Wildman–Crippen MR) is 61.0 cm³/mol. The molecule has 0 amide bonds. The molecule has 0 aliphatic rings. The maximum absolute atomic E-state index is 9.17. The largest absolute Gasteiger partial charge is 0.394 e. The predicted octanol–water partition coefficient (Wildman–Crippen LogP) is 1.34. The first-order valence-corrected chi connectivity index (χ1v) is 5.29. The van der Waals surface area contributed by atoms with E-state index in [0.29, 0.717) is 11.6 Å². The molecular formula is C11H16ClNO2. The van der Waals surface area contributed by atoms with Crippen molar-refractivity contribution in [1.29, 1.82) is 0 Å². The Balaban J connectivity index is 2.50. The number of halogens is 1. The third kappa shape index (κ3) is 4.18. The van der Waals surface area contributed by atoms with Crippen molar-refractivity contribution in [2.24, 2.45) is 0 Å². The Labute approximate surface area is 94.7 Å². The summed E-state index contributed by atoms with van der Waals surface area (Å²) in [5, 5.41) is 21.6. The van der Waals surface area contributed by atoms with Gasteiger partial charge >= 0.3 is 0 Å². The number of hydrogen-bond acceptors (Lipinski definition) is 3. The standard InChI is InChI=1S/C11H16ClNO2/c1-8(13-6-11(15)7-14)9-3-2-4-10(12)5-9/h2-5,8,11,13-15H,6-7H2,1H3/t8-,11?/m0/s1. The average Bonchev–Trinajstić information content (AvgIpc) is 2.25. The third-order valence-electron chi connectivity index (χ3n) is 2.22. The fraction of sp³-hybridized carbons (Fsp3) is 0.455. The summed E-state index contributed by atoms with van der Waals surface area (Å²) in [6, 6.07) is 7.66. The number of hydrogen-bond donors (Lipinski definition) is 3. The highest BCUT2D eigenvalue weighted by Crippen LogP contribution is 2.16. The highest BCUT2D eigenvalue weighted by Gasteiger charge is 2.07. The minimum atomic E-state index is -0.716. The van der Waals surface area contributed by atoms with Crippen LogP contribution in [0.25, 0.3) is 0 Å². The van der Waals surface area contributed by atoms with Crippen LogP contribution in [0.2, 0.25) is 5.02 Å². The quantitative estimate of drug-likeness (QED) is 0.715. The van der Waals surface area contributed by atoms with Gasteiger partial charge in [-0.15, -0.1) is 0 Å². The Kier molecular flexibility index (Phi) is 5.05. The van der Waals surface area contributed by atoms with Crippen LogP contribution in [0.15, 0.2) is 24.3 Å². The zero-order chi connectivity index (χ0) is 11.3. The summed E-state index contributed by atoms with van der Waals surface area (Å²) < 4.78 is 0. The lowest BCUT2D eigenvalue weighted by Crippen LogP contribution is -2.31. The number of benzene rings is 1. The Morgan fingerprint density at radius 1 is 1.47 bits per heavy atom. The van der Waals surface area contributed by atoms with Gasteiger partial charge in [-0.25, -0.2) is 0 Å². The molecular weight excluding hydrogens is 214 g/mol. The molecule has 0 aromatic heterocycles. The van der Waals surface area contributed by atoms with Gasteiger partial charge in [-0.3, -0.25) is 0 Å². The summed E-state index contributed by atoms with van der Waals surface area (Å²) >= 11 is 5.86. The molecule has 1 aromatic carbocycles. The molecule has 0 aliphatic carbocycles. The van der Waals surface area contributed by atoms with Crippen LogP contribution in [0.4, 0.5) is 0 Å². The first-order chi connectivity index (χ1) is 7.13. The van der Waals surface area contributed by atoms with Gasteiger partial charge in [0.05, 0.1) is 12.7 Å². The van der Waals surface area contributed by atoms with Crippen LogP contribution < -0.4 is 5.32 Å². The third-order valence-corrected chi connectivity index (χ3v) is 2.45. The second-order valence-corrected chi connectivity index (χ2v) is 3.96. The monoisotopic (exact) mass is 229 g/mol. The molecule has 2 atom stereocenters. The fourth-order valence-electron chi connectivity index (χ4n) is 1.27. The van der Waals surface area contributed by atoms with E-state index in [4.69, 9.17) is 21.8 Å². The average molecular weight is 230 g/mol. The topological polar surface area (TPSA) is 52.5 Å². The van der Waals surface area contributed by atoms with Crippen molar-refractivity contribution in [3.8, 4) is 0 Å². The van der Waals surface area contributed by atoms with Crippen molar-refractivity contribution < 1.29 is 10.2 Å². The lowest BCUT2D eigenvalue weighted by Gasteiger charge is -2.16. The second-order valence-electron chi connectivity index (χ2n) is 3.52. The van der Waals surface area contributed by atoms with Gasteiger partial charge in [-0.05, 0) is 24.6 Å². The summed E-state index contributed by atoms with van der Waals surface area (Å²) in [5.74, 6) is 0.